The van der Waals surface area contributed by atoms with Crippen molar-refractivity contribution in [3.05, 3.63) is 29.3 Å². The monoisotopic (exact) mass is 235 g/mol. The van der Waals surface area contributed by atoms with E-state index in [0.29, 0.717) is 13.2 Å². The Labute approximate surface area is 100 Å². The van der Waals surface area contributed by atoms with Gasteiger partial charge in [-0.1, -0.05) is 6.07 Å². The number of aliphatic hydroxyl groups excluding tert-OH is 1. The number of rotatable bonds is 2. The molecule has 4 nitrogen and oxygen atoms in total. The molecule has 0 spiro atoms. The second-order valence-electron chi connectivity index (χ2n) is 4.77. The number of benzene rings is 1. The summed E-state index contributed by atoms with van der Waals surface area (Å²) in [7, 11) is 0. The van der Waals surface area contributed by atoms with Crippen molar-refractivity contribution < 1.29 is 14.6 Å². The van der Waals surface area contributed by atoms with E-state index in [9.17, 15) is 5.11 Å². The number of aryl methyl sites for hydroxylation is 1. The molecule has 2 unspecified atom stereocenters. The van der Waals surface area contributed by atoms with E-state index in [1.165, 1.54) is 11.1 Å². The average Bonchev–Trinajstić information content (AvgIpc) is 2.87. The Kier molecular flexibility index (Phi) is 2.78. The van der Waals surface area contributed by atoms with Crippen molar-refractivity contribution in [1.82, 2.24) is 0 Å². The van der Waals surface area contributed by atoms with Gasteiger partial charge in [-0.3, -0.25) is 0 Å². The van der Waals surface area contributed by atoms with Gasteiger partial charge in [0, 0.05) is 6.04 Å². The Morgan fingerprint density at radius 2 is 2.24 bits per heavy atom. The molecule has 1 saturated heterocycles. The molecule has 3 rings (SSSR count). The summed E-state index contributed by atoms with van der Waals surface area (Å²) in [5, 5.41) is 9.62. The standard InChI is InChI=1S/C13H17NO3/c14-11-4-1-8-5-9(2-3-10(8)11)17-13-7-16-6-12(13)15/h2-3,5,11-13,15H,1,4,6-7,14H2/t11-,12?,13?/m1/s1. The first-order valence-electron chi connectivity index (χ1n) is 6.05. The van der Waals surface area contributed by atoms with E-state index >= 15 is 0 Å². The third-order valence-electron chi connectivity index (χ3n) is 3.53. The molecule has 1 fully saturated rings. The molecule has 0 bridgehead atoms. The van der Waals surface area contributed by atoms with Crippen molar-refractivity contribution in [2.45, 2.75) is 31.1 Å². The summed E-state index contributed by atoms with van der Waals surface area (Å²) in [4.78, 5) is 0. The Morgan fingerprint density at radius 1 is 1.35 bits per heavy atom. The molecule has 1 aromatic carbocycles. The van der Waals surface area contributed by atoms with Gasteiger partial charge in [0.1, 0.15) is 18.0 Å². The summed E-state index contributed by atoms with van der Waals surface area (Å²) >= 11 is 0. The first-order valence-corrected chi connectivity index (χ1v) is 6.05. The smallest absolute Gasteiger partial charge is 0.150 e. The van der Waals surface area contributed by atoms with Crippen LogP contribution in [-0.4, -0.2) is 30.5 Å². The zero-order valence-corrected chi connectivity index (χ0v) is 9.63. The third-order valence-corrected chi connectivity index (χ3v) is 3.53. The zero-order valence-electron chi connectivity index (χ0n) is 9.63. The molecule has 1 aliphatic carbocycles. The second-order valence-corrected chi connectivity index (χ2v) is 4.77. The van der Waals surface area contributed by atoms with E-state index in [0.717, 1.165) is 18.6 Å². The fourth-order valence-electron chi connectivity index (χ4n) is 2.51. The summed E-state index contributed by atoms with van der Waals surface area (Å²) in [6.45, 7) is 0.818. The highest BCUT2D eigenvalue weighted by Gasteiger charge is 2.28. The number of aliphatic hydroxyl groups is 1. The van der Waals surface area contributed by atoms with Gasteiger partial charge in [0.25, 0.3) is 0 Å². The van der Waals surface area contributed by atoms with Crippen molar-refractivity contribution in [1.29, 1.82) is 0 Å². The van der Waals surface area contributed by atoms with Gasteiger partial charge in [-0.2, -0.15) is 0 Å². The van der Waals surface area contributed by atoms with E-state index < -0.39 is 6.10 Å². The summed E-state index contributed by atoms with van der Waals surface area (Å²) < 4.78 is 10.9. The molecule has 3 atom stereocenters. The Hall–Kier alpha value is -1.10. The van der Waals surface area contributed by atoms with Crippen molar-refractivity contribution in [3.63, 3.8) is 0 Å². The van der Waals surface area contributed by atoms with Crippen LogP contribution in [0.15, 0.2) is 18.2 Å². The maximum absolute atomic E-state index is 9.62. The maximum atomic E-state index is 9.62. The highest BCUT2D eigenvalue weighted by molar-refractivity contribution is 5.40. The first-order chi connectivity index (χ1) is 8.24. The molecule has 1 aliphatic heterocycles. The minimum Gasteiger partial charge on any atom is -0.485 e. The summed E-state index contributed by atoms with van der Waals surface area (Å²) in [5.74, 6) is 0.799. The lowest BCUT2D eigenvalue weighted by Gasteiger charge is -2.16. The Morgan fingerprint density at radius 3 is 3.00 bits per heavy atom. The van der Waals surface area contributed by atoms with Crippen molar-refractivity contribution in [2.24, 2.45) is 5.73 Å². The zero-order chi connectivity index (χ0) is 11.8. The molecular formula is C13H17NO3. The number of fused-ring (bicyclic) bond motifs is 1. The van der Waals surface area contributed by atoms with Gasteiger partial charge >= 0.3 is 0 Å². The SMILES string of the molecule is N[C@@H]1CCc2cc(OC3COCC3O)ccc21. The van der Waals surface area contributed by atoms with Crippen LogP contribution in [0.4, 0.5) is 0 Å². The predicted molar refractivity (Wildman–Crippen MR) is 62.9 cm³/mol. The molecule has 0 saturated carbocycles. The van der Waals surface area contributed by atoms with Gasteiger partial charge in [-0.25, -0.2) is 0 Å². The Bertz CT molecular complexity index is 421. The minimum absolute atomic E-state index is 0.166. The molecule has 0 radical (unpaired) electrons. The van der Waals surface area contributed by atoms with Crippen LogP contribution in [0.5, 0.6) is 5.75 Å². The van der Waals surface area contributed by atoms with Gasteiger partial charge < -0.3 is 20.3 Å². The topological polar surface area (TPSA) is 64.7 Å². The lowest BCUT2D eigenvalue weighted by molar-refractivity contribution is 0.0733. The van der Waals surface area contributed by atoms with Crippen LogP contribution in [0.3, 0.4) is 0 Å². The number of ether oxygens (including phenoxy) is 2. The lowest BCUT2D eigenvalue weighted by Crippen LogP contribution is -2.29. The molecule has 92 valence electrons. The van der Waals surface area contributed by atoms with Gasteiger partial charge in [-0.15, -0.1) is 0 Å². The van der Waals surface area contributed by atoms with Crippen LogP contribution in [0.1, 0.15) is 23.6 Å². The predicted octanol–water partition coefficient (Wildman–Crippen LogP) is 0.771. The third kappa shape index (κ3) is 2.04. The second kappa shape index (κ2) is 4.29. The molecule has 4 heteroatoms. The normalized spacial score (nSPS) is 31.5. The summed E-state index contributed by atoms with van der Waals surface area (Å²) in [5.41, 5.74) is 8.47. The number of hydrogen-bond donors (Lipinski definition) is 2. The quantitative estimate of drug-likeness (QED) is 0.794. The lowest BCUT2D eigenvalue weighted by atomic mass is 10.1. The van der Waals surface area contributed by atoms with E-state index in [1.807, 2.05) is 18.2 Å². The molecule has 2 aliphatic rings. The van der Waals surface area contributed by atoms with Gasteiger partial charge in [-0.05, 0) is 36.1 Å². The van der Waals surface area contributed by atoms with E-state index in [4.69, 9.17) is 15.2 Å². The molecule has 1 aromatic rings. The largest absolute Gasteiger partial charge is 0.485 e. The highest BCUT2D eigenvalue weighted by atomic mass is 16.6. The van der Waals surface area contributed by atoms with Crippen molar-refractivity contribution in [2.75, 3.05) is 13.2 Å². The van der Waals surface area contributed by atoms with Crippen LogP contribution < -0.4 is 10.5 Å². The van der Waals surface area contributed by atoms with Crippen LogP contribution in [0, 0.1) is 0 Å². The first kappa shape index (κ1) is 11.0. The number of nitrogens with two attached hydrogens (primary N) is 1. The molecular weight excluding hydrogens is 218 g/mol. The fourth-order valence-corrected chi connectivity index (χ4v) is 2.51. The van der Waals surface area contributed by atoms with Gasteiger partial charge in [0.15, 0.2) is 0 Å². The molecule has 1 heterocycles. The molecule has 3 N–H and O–H groups in total. The fraction of sp³-hybridized carbons (Fsp3) is 0.538. The van der Waals surface area contributed by atoms with Crippen LogP contribution >= 0.6 is 0 Å². The summed E-state index contributed by atoms with van der Waals surface area (Å²) in [6.07, 6.45) is 1.25. The number of hydrogen-bond acceptors (Lipinski definition) is 4. The average molecular weight is 235 g/mol. The van der Waals surface area contributed by atoms with Crippen molar-refractivity contribution in [3.8, 4) is 5.75 Å². The highest BCUT2D eigenvalue weighted by Crippen LogP contribution is 2.32. The van der Waals surface area contributed by atoms with Crippen LogP contribution in [-0.2, 0) is 11.2 Å². The van der Waals surface area contributed by atoms with E-state index in [2.05, 4.69) is 0 Å². The van der Waals surface area contributed by atoms with Gasteiger partial charge in [0.05, 0.1) is 13.2 Å². The molecule has 17 heavy (non-hydrogen) atoms. The molecule has 0 aromatic heterocycles. The van der Waals surface area contributed by atoms with E-state index in [-0.39, 0.29) is 12.1 Å². The van der Waals surface area contributed by atoms with Crippen molar-refractivity contribution >= 4 is 0 Å². The Balaban J connectivity index is 1.76. The maximum Gasteiger partial charge on any atom is 0.150 e. The van der Waals surface area contributed by atoms with E-state index in [1.54, 1.807) is 0 Å². The van der Waals surface area contributed by atoms with Crippen LogP contribution in [0.25, 0.3) is 0 Å². The minimum atomic E-state index is -0.523. The molecule has 0 amide bonds. The summed E-state index contributed by atoms with van der Waals surface area (Å²) in [6, 6.07) is 6.16. The van der Waals surface area contributed by atoms with Crippen LogP contribution in [0.2, 0.25) is 0 Å². The van der Waals surface area contributed by atoms with Gasteiger partial charge in [0.2, 0.25) is 0 Å².